The molecule has 4 heterocycles. The molecule has 0 spiro atoms. The number of pyridine rings is 2. The average Bonchev–Trinajstić information content (AvgIpc) is 3.34. The van der Waals surface area contributed by atoms with E-state index in [9.17, 15) is 18.7 Å². The summed E-state index contributed by atoms with van der Waals surface area (Å²) in [5.41, 5.74) is 1.99. The van der Waals surface area contributed by atoms with E-state index >= 15 is 0 Å². The summed E-state index contributed by atoms with van der Waals surface area (Å²) in [6.07, 6.45) is 7.26. The topological polar surface area (TPSA) is 133 Å². The van der Waals surface area contributed by atoms with Gasteiger partial charge in [0.15, 0.2) is 5.78 Å². The number of carbonyl (C=O) groups excluding carboxylic acids is 1. The third-order valence-electron chi connectivity index (χ3n) is 6.98. The fourth-order valence-corrected chi connectivity index (χ4v) is 6.28. The molecule has 3 aromatic rings. The van der Waals surface area contributed by atoms with Gasteiger partial charge in [-0.25, -0.2) is 9.97 Å². The van der Waals surface area contributed by atoms with E-state index in [1.807, 2.05) is 12.1 Å². The van der Waals surface area contributed by atoms with Crippen LogP contribution in [0.1, 0.15) is 54.6 Å². The SMILES string of the molecule is CC(=O)c1c(C)c2cnc(Nc3ccc(N4CCS(O)(O)CC4)cn3)nc2n(C2CCCC2)c1=O. The molecule has 186 valence electrons. The molecular weight excluding hydrogens is 468 g/mol. The molecule has 1 saturated heterocycles. The fourth-order valence-electron chi connectivity index (χ4n) is 5.06. The molecule has 0 amide bonds. The van der Waals surface area contributed by atoms with Gasteiger partial charge in [0.1, 0.15) is 11.5 Å². The highest BCUT2D eigenvalue weighted by Gasteiger charge is 2.26. The standard InChI is InChI=1S/C24H30N6O4S/c1-15-19-14-26-24(27-20-8-7-18(13-25-20)29-9-11-35(33,34)12-10-29)28-22(19)30(17-5-3-4-6-17)23(32)21(15)16(2)31/h7-8,13-14,17,33-34H,3-6,9-12H2,1-2H3,(H,25,26,27,28). The van der Waals surface area contributed by atoms with E-state index in [1.54, 1.807) is 23.9 Å². The largest absolute Gasteiger partial charge is 0.367 e. The zero-order valence-corrected chi connectivity index (χ0v) is 20.7. The molecule has 5 rings (SSSR count). The van der Waals surface area contributed by atoms with Crippen molar-refractivity contribution in [3.05, 3.63) is 46.0 Å². The molecule has 0 bridgehead atoms. The van der Waals surface area contributed by atoms with Crippen molar-refractivity contribution in [3.8, 4) is 0 Å². The van der Waals surface area contributed by atoms with Gasteiger partial charge in [-0.15, -0.1) is 0 Å². The second-order valence-electron chi connectivity index (χ2n) is 9.32. The summed E-state index contributed by atoms with van der Waals surface area (Å²) in [5, 5.41) is 3.82. The first-order chi connectivity index (χ1) is 16.7. The maximum atomic E-state index is 13.3. The van der Waals surface area contributed by atoms with E-state index in [2.05, 4.69) is 20.2 Å². The molecule has 2 aliphatic rings. The van der Waals surface area contributed by atoms with Gasteiger partial charge < -0.3 is 10.2 Å². The Balaban J connectivity index is 1.46. The Morgan fingerprint density at radius 3 is 2.46 bits per heavy atom. The summed E-state index contributed by atoms with van der Waals surface area (Å²) >= 11 is 0. The lowest BCUT2D eigenvalue weighted by molar-refractivity contribution is 0.101. The van der Waals surface area contributed by atoms with E-state index in [1.165, 1.54) is 6.92 Å². The second kappa shape index (κ2) is 9.21. The summed E-state index contributed by atoms with van der Waals surface area (Å²) in [6.45, 7) is 4.35. The Labute approximate surface area is 204 Å². The van der Waals surface area contributed by atoms with Gasteiger partial charge in [0, 0.05) is 30.7 Å². The van der Waals surface area contributed by atoms with Gasteiger partial charge in [-0.3, -0.25) is 23.3 Å². The summed E-state index contributed by atoms with van der Waals surface area (Å²) in [7, 11) is -2.45. The first-order valence-electron chi connectivity index (χ1n) is 11.9. The van der Waals surface area contributed by atoms with Crippen molar-refractivity contribution in [3.63, 3.8) is 0 Å². The molecule has 0 radical (unpaired) electrons. The highest BCUT2D eigenvalue weighted by Crippen LogP contribution is 2.41. The van der Waals surface area contributed by atoms with Crippen molar-refractivity contribution >= 4 is 44.9 Å². The monoisotopic (exact) mass is 498 g/mol. The number of rotatable bonds is 5. The van der Waals surface area contributed by atoms with Gasteiger partial charge in [0.05, 0.1) is 29.0 Å². The predicted octanol–water partition coefficient (Wildman–Crippen LogP) is 4.13. The van der Waals surface area contributed by atoms with E-state index in [-0.39, 0.29) is 22.9 Å². The van der Waals surface area contributed by atoms with Gasteiger partial charge in [-0.2, -0.15) is 15.6 Å². The number of ketones is 1. The molecule has 0 atom stereocenters. The average molecular weight is 499 g/mol. The molecule has 10 nitrogen and oxygen atoms in total. The second-order valence-corrected chi connectivity index (χ2v) is 11.7. The predicted molar refractivity (Wildman–Crippen MR) is 138 cm³/mol. The zero-order valence-electron chi connectivity index (χ0n) is 19.9. The van der Waals surface area contributed by atoms with Crippen molar-refractivity contribution in [1.29, 1.82) is 0 Å². The highest BCUT2D eigenvalue weighted by molar-refractivity contribution is 8.24. The van der Waals surface area contributed by atoms with E-state index < -0.39 is 10.6 Å². The number of hydrogen-bond donors (Lipinski definition) is 3. The number of anilines is 3. The van der Waals surface area contributed by atoms with Crippen LogP contribution in [0.2, 0.25) is 0 Å². The molecule has 1 aliphatic carbocycles. The van der Waals surface area contributed by atoms with Crippen molar-refractivity contribution in [1.82, 2.24) is 19.5 Å². The number of aryl methyl sites for hydroxylation is 1. The Bertz CT molecular complexity index is 1320. The van der Waals surface area contributed by atoms with Crippen LogP contribution in [-0.2, 0) is 0 Å². The van der Waals surface area contributed by atoms with Crippen LogP contribution in [0.25, 0.3) is 11.0 Å². The normalized spacial score (nSPS) is 19.1. The van der Waals surface area contributed by atoms with Crippen molar-refractivity contribution in [2.45, 2.75) is 45.6 Å². The maximum absolute atomic E-state index is 13.3. The fraction of sp³-hybridized carbons (Fsp3) is 0.458. The van der Waals surface area contributed by atoms with Crippen LogP contribution in [0.4, 0.5) is 17.5 Å². The van der Waals surface area contributed by atoms with Crippen LogP contribution in [0.3, 0.4) is 0 Å². The smallest absolute Gasteiger partial charge is 0.263 e. The lowest BCUT2D eigenvalue weighted by atomic mass is 10.0. The minimum absolute atomic E-state index is 0.0202. The van der Waals surface area contributed by atoms with E-state index in [0.717, 1.165) is 31.4 Å². The van der Waals surface area contributed by atoms with Gasteiger partial charge in [0.2, 0.25) is 5.95 Å². The van der Waals surface area contributed by atoms with Gasteiger partial charge in [0.25, 0.3) is 5.56 Å². The Hall–Kier alpha value is -3.02. The summed E-state index contributed by atoms with van der Waals surface area (Å²) in [4.78, 5) is 41.3. The quantitative estimate of drug-likeness (QED) is 0.444. The number of Topliss-reactive ketones (excluding diaryl/α,β-unsaturated/α-hetero) is 1. The number of hydrogen-bond acceptors (Lipinski definition) is 9. The Kier molecular flexibility index (Phi) is 6.24. The molecule has 3 N–H and O–H groups in total. The van der Waals surface area contributed by atoms with Crippen molar-refractivity contribution in [2.75, 3.05) is 34.8 Å². The number of carbonyl (C=O) groups is 1. The van der Waals surface area contributed by atoms with E-state index in [4.69, 9.17) is 4.98 Å². The number of aromatic nitrogens is 4. The molecule has 11 heteroatoms. The van der Waals surface area contributed by atoms with Gasteiger partial charge in [-0.05, 0) is 44.4 Å². The lowest BCUT2D eigenvalue weighted by Crippen LogP contribution is -2.38. The number of nitrogens with one attached hydrogen (secondary N) is 1. The highest BCUT2D eigenvalue weighted by atomic mass is 32.3. The van der Waals surface area contributed by atoms with Gasteiger partial charge in [-0.1, -0.05) is 12.8 Å². The summed E-state index contributed by atoms with van der Waals surface area (Å²) < 4.78 is 21.3. The van der Waals surface area contributed by atoms with Crippen LogP contribution in [0, 0.1) is 6.92 Å². The third kappa shape index (κ3) is 4.63. The molecule has 1 saturated carbocycles. The minimum Gasteiger partial charge on any atom is -0.367 e. The molecule has 3 aromatic heterocycles. The molecular formula is C24H30N6O4S. The van der Waals surface area contributed by atoms with Gasteiger partial charge >= 0.3 is 0 Å². The van der Waals surface area contributed by atoms with Crippen molar-refractivity contribution < 1.29 is 13.9 Å². The minimum atomic E-state index is -2.45. The number of nitrogens with zero attached hydrogens (tertiary/aromatic N) is 5. The van der Waals surface area contributed by atoms with Crippen LogP contribution in [0.5, 0.6) is 0 Å². The van der Waals surface area contributed by atoms with Crippen LogP contribution < -0.4 is 15.8 Å². The molecule has 1 aliphatic heterocycles. The summed E-state index contributed by atoms with van der Waals surface area (Å²) in [6, 6.07) is 3.77. The Morgan fingerprint density at radius 2 is 1.83 bits per heavy atom. The lowest BCUT2D eigenvalue weighted by Gasteiger charge is -2.41. The number of fused-ring (bicyclic) bond motifs is 1. The molecule has 0 aromatic carbocycles. The summed E-state index contributed by atoms with van der Waals surface area (Å²) in [5.74, 6) is 1.37. The molecule has 2 fully saturated rings. The van der Waals surface area contributed by atoms with Crippen LogP contribution >= 0.6 is 10.6 Å². The first-order valence-corrected chi connectivity index (χ1v) is 13.8. The van der Waals surface area contributed by atoms with Crippen LogP contribution in [-0.4, -0.2) is 59.0 Å². The third-order valence-corrected chi connectivity index (χ3v) is 8.65. The first kappa shape index (κ1) is 23.7. The Morgan fingerprint density at radius 1 is 1.11 bits per heavy atom. The molecule has 35 heavy (non-hydrogen) atoms. The van der Waals surface area contributed by atoms with Crippen LogP contribution in [0.15, 0.2) is 29.3 Å². The maximum Gasteiger partial charge on any atom is 0.263 e. The van der Waals surface area contributed by atoms with Crippen molar-refractivity contribution in [2.24, 2.45) is 0 Å². The van der Waals surface area contributed by atoms with E-state index in [0.29, 0.717) is 53.0 Å². The molecule has 0 unspecified atom stereocenters. The zero-order chi connectivity index (χ0) is 24.7.